The smallest absolute Gasteiger partial charge is 0.210 e. The number of nitrogens with zero attached hydrogens (tertiary/aromatic N) is 3. The molecule has 0 aliphatic rings. The van der Waals surface area contributed by atoms with Gasteiger partial charge in [-0.05, 0) is 23.3 Å². The van der Waals surface area contributed by atoms with Crippen molar-refractivity contribution in [3.05, 3.63) is 78.9 Å². The Hall–Kier alpha value is -3.32. The molecule has 3 aromatic rings. The molecule has 0 amide bonds. The van der Waals surface area contributed by atoms with Gasteiger partial charge in [-0.15, -0.1) is 0 Å². The summed E-state index contributed by atoms with van der Waals surface area (Å²) in [5.41, 5.74) is 3.85. The fraction of sp³-hybridized carbons (Fsp3) is 0.100. The zero-order chi connectivity index (χ0) is 16.9. The molecule has 3 rings (SSSR count). The SMILES string of the molecule is CC(C=O)[n+]1ccc(-c2cc[n+](-c3ccc(C#N)cc3)cc2)cc1. The Kier molecular flexibility index (Phi) is 4.44. The molecule has 0 saturated heterocycles. The van der Waals surface area contributed by atoms with E-state index in [-0.39, 0.29) is 6.04 Å². The van der Waals surface area contributed by atoms with Crippen molar-refractivity contribution in [2.75, 3.05) is 0 Å². The minimum absolute atomic E-state index is 0.159. The Morgan fingerprint density at radius 3 is 1.96 bits per heavy atom. The Morgan fingerprint density at radius 1 is 0.917 bits per heavy atom. The lowest BCUT2D eigenvalue weighted by Gasteiger charge is -2.02. The van der Waals surface area contributed by atoms with Gasteiger partial charge >= 0.3 is 0 Å². The zero-order valence-electron chi connectivity index (χ0n) is 13.3. The Bertz CT molecular complexity index is 876. The van der Waals surface area contributed by atoms with E-state index < -0.39 is 0 Å². The quantitative estimate of drug-likeness (QED) is 0.549. The van der Waals surface area contributed by atoms with Gasteiger partial charge in [0.05, 0.1) is 11.6 Å². The third-order valence-electron chi connectivity index (χ3n) is 3.98. The largest absolute Gasteiger partial charge is 0.296 e. The molecular weight excluding hydrogens is 298 g/mol. The van der Waals surface area contributed by atoms with Crippen molar-refractivity contribution in [3.63, 3.8) is 0 Å². The first-order chi connectivity index (χ1) is 11.7. The highest BCUT2D eigenvalue weighted by atomic mass is 16.1. The van der Waals surface area contributed by atoms with E-state index in [4.69, 9.17) is 5.26 Å². The van der Waals surface area contributed by atoms with Gasteiger partial charge in [-0.25, -0.2) is 0 Å². The van der Waals surface area contributed by atoms with Crippen molar-refractivity contribution in [3.8, 4) is 22.9 Å². The summed E-state index contributed by atoms with van der Waals surface area (Å²) in [5, 5.41) is 8.85. The predicted octanol–water partition coefficient (Wildman–Crippen LogP) is 2.55. The second kappa shape index (κ2) is 6.84. The van der Waals surface area contributed by atoms with Crippen LogP contribution in [0.3, 0.4) is 0 Å². The third-order valence-corrected chi connectivity index (χ3v) is 3.98. The second-order valence-corrected chi connectivity index (χ2v) is 5.56. The molecule has 0 bridgehead atoms. The maximum absolute atomic E-state index is 10.8. The number of aromatic nitrogens is 2. The minimum atomic E-state index is -0.159. The van der Waals surface area contributed by atoms with Gasteiger partial charge in [0.2, 0.25) is 11.7 Å². The number of carbonyl (C=O) groups is 1. The summed E-state index contributed by atoms with van der Waals surface area (Å²) >= 11 is 0. The summed E-state index contributed by atoms with van der Waals surface area (Å²) in [5.74, 6) is 0. The number of hydrogen-bond donors (Lipinski definition) is 0. The average molecular weight is 315 g/mol. The lowest BCUT2D eigenvalue weighted by molar-refractivity contribution is -0.704. The van der Waals surface area contributed by atoms with Gasteiger partial charge in [0.25, 0.3) is 0 Å². The van der Waals surface area contributed by atoms with E-state index in [1.54, 1.807) is 12.1 Å². The molecule has 116 valence electrons. The monoisotopic (exact) mass is 315 g/mol. The van der Waals surface area contributed by atoms with Gasteiger partial charge in [-0.1, -0.05) is 0 Å². The standard InChI is InChI=1S/C20H17N3O/c1-16(15-24)22-10-6-18(7-11-22)19-8-12-23(13-9-19)20-4-2-17(14-21)3-5-20/h2-13,15-16H,1H3/q+2. The van der Waals surface area contributed by atoms with Crippen molar-refractivity contribution in [2.45, 2.75) is 13.0 Å². The maximum atomic E-state index is 10.8. The van der Waals surface area contributed by atoms with Crippen LogP contribution in [0.15, 0.2) is 73.3 Å². The Labute approximate surface area is 140 Å². The first-order valence-corrected chi connectivity index (χ1v) is 7.69. The molecule has 0 N–H and O–H groups in total. The van der Waals surface area contributed by atoms with Crippen molar-refractivity contribution in [1.82, 2.24) is 0 Å². The summed E-state index contributed by atoms with van der Waals surface area (Å²) < 4.78 is 3.87. The highest BCUT2D eigenvalue weighted by Gasteiger charge is 2.11. The van der Waals surface area contributed by atoms with Crippen molar-refractivity contribution in [1.29, 1.82) is 5.26 Å². The van der Waals surface area contributed by atoms with E-state index in [0.717, 1.165) is 23.1 Å². The highest BCUT2D eigenvalue weighted by Crippen LogP contribution is 2.16. The lowest BCUT2D eigenvalue weighted by atomic mass is 10.1. The molecule has 2 heterocycles. The molecular formula is C20H17N3O+2. The van der Waals surface area contributed by atoms with E-state index in [1.165, 1.54) is 0 Å². The number of hydrogen-bond acceptors (Lipinski definition) is 2. The van der Waals surface area contributed by atoms with Crippen LogP contribution in [-0.2, 0) is 4.79 Å². The molecule has 4 nitrogen and oxygen atoms in total. The summed E-state index contributed by atoms with van der Waals surface area (Å²) in [7, 11) is 0. The van der Waals surface area contributed by atoms with Crippen LogP contribution in [0.5, 0.6) is 0 Å². The molecule has 24 heavy (non-hydrogen) atoms. The van der Waals surface area contributed by atoms with Crippen LogP contribution in [0.4, 0.5) is 0 Å². The molecule has 0 saturated carbocycles. The normalized spacial score (nSPS) is 11.5. The van der Waals surface area contributed by atoms with Gasteiger partial charge in [-0.3, -0.25) is 4.79 Å². The fourth-order valence-corrected chi connectivity index (χ4v) is 2.47. The van der Waals surface area contributed by atoms with Crippen LogP contribution >= 0.6 is 0 Å². The molecule has 0 aliphatic carbocycles. The number of carbonyl (C=O) groups excluding carboxylic acids is 1. The molecule has 0 aliphatic heterocycles. The van der Waals surface area contributed by atoms with Gasteiger partial charge in [-0.2, -0.15) is 14.4 Å². The minimum Gasteiger partial charge on any atom is -0.296 e. The van der Waals surface area contributed by atoms with E-state index >= 15 is 0 Å². The Morgan fingerprint density at radius 2 is 1.46 bits per heavy atom. The summed E-state index contributed by atoms with van der Waals surface area (Å²) in [6.07, 6.45) is 8.73. The molecule has 1 unspecified atom stereocenters. The molecule has 4 heteroatoms. The number of benzene rings is 1. The van der Waals surface area contributed by atoms with E-state index in [1.807, 2.05) is 77.2 Å². The Balaban J connectivity index is 1.83. The van der Waals surface area contributed by atoms with Gasteiger partial charge < -0.3 is 0 Å². The van der Waals surface area contributed by atoms with E-state index in [2.05, 4.69) is 6.07 Å². The molecule has 0 radical (unpaired) electrons. The lowest BCUT2D eigenvalue weighted by Crippen LogP contribution is -2.37. The van der Waals surface area contributed by atoms with Crippen LogP contribution in [0.2, 0.25) is 0 Å². The van der Waals surface area contributed by atoms with Crippen LogP contribution in [0, 0.1) is 11.3 Å². The maximum Gasteiger partial charge on any atom is 0.210 e. The summed E-state index contributed by atoms with van der Waals surface area (Å²) in [6.45, 7) is 1.86. The first-order valence-electron chi connectivity index (χ1n) is 7.69. The number of aldehydes is 1. The zero-order valence-corrected chi connectivity index (χ0v) is 13.3. The predicted molar refractivity (Wildman–Crippen MR) is 89.1 cm³/mol. The third kappa shape index (κ3) is 3.21. The van der Waals surface area contributed by atoms with E-state index in [0.29, 0.717) is 5.56 Å². The van der Waals surface area contributed by atoms with Crippen molar-refractivity contribution < 1.29 is 13.9 Å². The highest BCUT2D eigenvalue weighted by molar-refractivity contribution is 5.61. The number of pyridine rings is 2. The first kappa shape index (κ1) is 15.6. The molecule has 1 atom stereocenters. The second-order valence-electron chi connectivity index (χ2n) is 5.56. The van der Waals surface area contributed by atoms with Crippen LogP contribution < -0.4 is 9.13 Å². The van der Waals surface area contributed by atoms with Crippen molar-refractivity contribution in [2.24, 2.45) is 0 Å². The van der Waals surface area contributed by atoms with Crippen LogP contribution in [-0.4, -0.2) is 6.29 Å². The summed E-state index contributed by atoms with van der Waals surface area (Å²) in [4.78, 5) is 10.8. The van der Waals surface area contributed by atoms with E-state index in [9.17, 15) is 4.79 Å². The molecule has 0 fully saturated rings. The topological polar surface area (TPSA) is 48.6 Å². The van der Waals surface area contributed by atoms with Crippen molar-refractivity contribution >= 4 is 6.29 Å². The average Bonchev–Trinajstić information content (AvgIpc) is 2.68. The van der Waals surface area contributed by atoms with Gasteiger partial charge in [0.15, 0.2) is 31.1 Å². The number of rotatable bonds is 4. The molecule has 1 aromatic carbocycles. The molecule has 2 aromatic heterocycles. The van der Waals surface area contributed by atoms with Crippen LogP contribution in [0.1, 0.15) is 18.5 Å². The van der Waals surface area contributed by atoms with Crippen LogP contribution in [0.25, 0.3) is 16.8 Å². The van der Waals surface area contributed by atoms with Gasteiger partial charge in [0, 0.05) is 43.3 Å². The van der Waals surface area contributed by atoms with Gasteiger partial charge in [0.1, 0.15) is 0 Å². The number of nitriles is 1. The fourth-order valence-electron chi connectivity index (χ4n) is 2.47. The molecule has 0 spiro atoms. The summed E-state index contributed by atoms with van der Waals surface area (Å²) in [6, 6.07) is 17.5.